The van der Waals surface area contributed by atoms with Crippen molar-refractivity contribution in [1.82, 2.24) is 19.7 Å². The molecule has 1 aliphatic carbocycles. The molecule has 2 aliphatic rings. The minimum Gasteiger partial charge on any atom is -0.386 e. The van der Waals surface area contributed by atoms with Gasteiger partial charge >= 0.3 is 0 Å². The van der Waals surface area contributed by atoms with E-state index in [1.54, 1.807) is 6.20 Å². The van der Waals surface area contributed by atoms with Crippen molar-refractivity contribution in [3.63, 3.8) is 0 Å². The van der Waals surface area contributed by atoms with E-state index in [1.807, 2.05) is 46.0 Å². The molecule has 1 atom stereocenters. The van der Waals surface area contributed by atoms with Gasteiger partial charge in [-0.1, -0.05) is 6.07 Å². The lowest BCUT2D eigenvalue weighted by molar-refractivity contribution is 0.0705. The number of aliphatic hydroxyl groups is 1. The third kappa shape index (κ3) is 2.66. The van der Waals surface area contributed by atoms with E-state index >= 15 is 0 Å². The third-order valence-electron chi connectivity index (χ3n) is 5.33. The summed E-state index contributed by atoms with van der Waals surface area (Å²) in [4.78, 5) is 19.1. The van der Waals surface area contributed by atoms with E-state index < -0.39 is 6.10 Å². The molecule has 5 rings (SSSR count). The Hall–Kier alpha value is -2.73. The molecule has 1 aromatic carbocycles. The normalized spacial score (nSPS) is 18.0. The van der Waals surface area contributed by atoms with Crippen molar-refractivity contribution in [2.45, 2.75) is 32.0 Å². The maximum Gasteiger partial charge on any atom is 0.254 e. The van der Waals surface area contributed by atoms with Gasteiger partial charge in [0.25, 0.3) is 5.91 Å². The number of aliphatic hydroxyl groups excluding tert-OH is 1. The number of fused-ring (bicyclic) bond motifs is 2. The quantitative estimate of drug-likeness (QED) is 0.789. The Morgan fingerprint density at radius 1 is 1.19 bits per heavy atom. The van der Waals surface area contributed by atoms with Crippen LogP contribution in [0, 0.1) is 5.92 Å². The van der Waals surface area contributed by atoms with Crippen LogP contribution in [0.15, 0.2) is 42.6 Å². The SMILES string of the molecule is O=C(c1ccc2ncccc2c1)N1CCn2nc([C@@H](O)C3CC3)cc2C1. The van der Waals surface area contributed by atoms with E-state index in [-0.39, 0.29) is 5.91 Å². The molecular weight excluding hydrogens is 328 g/mol. The Kier molecular flexibility index (Phi) is 3.53. The molecule has 0 unspecified atom stereocenters. The molecule has 1 amide bonds. The van der Waals surface area contributed by atoms with Crippen LogP contribution in [-0.2, 0) is 13.1 Å². The molecule has 132 valence electrons. The number of nitrogens with zero attached hydrogens (tertiary/aromatic N) is 4. The van der Waals surface area contributed by atoms with Gasteiger partial charge in [0.2, 0.25) is 0 Å². The predicted molar refractivity (Wildman–Crippen MR) is 96.4 cm³/mol. The van der Waals surface area contributed by atoms with Crippen LogP contribution < -0.4 is 0 Å². The number of carbonyl (C=O) groups is 1. The second-order valence-electron chi connectivity index (χ2n) is 7.20. The number of benzene rings is 1. The van der Waals surface area contributed by atoms with Crippen molar-refractivity contribution in [3.8, 4) is 0 Å². The highest BCUT2D eigenvalue weighted by atomic mass is 16.3. The van der Waals surface area contributed by atoms with E-state index in [1.165, 1.54) is 0 Å². The summed E-state index contributed by atoms with van der Waals surface area (Å²) < 4.78 is 1.93. The van der Waals surface area contributed by atoms with E-state index in [9.17, 15) is 9.90 Å². The fraction of sp³-hybridized carbons (Fsp3) is 0.350. The zero-order chi connectivity index (χ0) is 17.7. The van der Waals surface area contributed by atoms with Gasteiger partial charge in [0, 0.05) is 23.7 Å². The number of aromatic nitrogens is 3. The van der Waals surface area contributed by atoms with E-state index in [0.717, 1.165) is 35.1 Å². The van der Waals surface area contributed by atoms with Crippen molar-refractivity contribution < 1.29 is 9.90 Å². The molecule has 0 saturated heterocycles. The number of hydrogen-bond acceptors (Lipinski definition) is 4. The molecule has 1 N–H and O–H groups in total. The molecule has 1 saturated carbocycles. The summed E-state index contributed by atoms with van der Waals surface area (Å²) in [6, 6.07) is 11.4. The molecule has 26 heavy (non-hydrogen) atoms. The van der Waals surface area contributed by atoms with Gasteiger partial charge in [-0.2, -0.15) is 5.10 Å². The first-order valence-electron chi connectivity index (χ1n) is 9.08. The van der Waals surface area contributed by atoms with Crippen LogP contribution in [0.1, 0.15) is 40.7 Å². The molecule has 1 aliphatic heterocycles. The molecule has 3 aromatic rings. The second-order valence-corrected chi connectivity index (χ2v) is 7.20. The highest BCUT2D eigenvalue weighted by Crippen LogP contribution is 2.40. The minimum absolute atomic E-state index is 0.0208. The molecule has 3 heterocycles. The number of hydrogen-bond donors (Lipinski definition) is 1. The Bertz CT molecular complexity index is 992. The van der Waals surface area contributed by atoms with Crippen LogP contribution in [0.5, 0.6) is 0 Å². The molecule has 1 fully saturated rings. The molecular formula is C20H20N4O2. The topological polar surface area (TPSA) is 71.2 Å². The first-order chi connectivity index (χ1) is 12.7. The van der Waals surface area contributed by atoms with Gasteiger partial charge in [-0.05, 0) is 49.1 Å². The zero-order valence-electron chi connectivity index (χ0n) is 14.4. The molecule has 6 heteroatoms. The van der Waals surface area contributed by atoms with Crippen LogP contribution in [-0.4, -0.2) is 37.2 Å². The van der Waals surface area contributed by atoms with Crippen molar-refractivity contribution >= 4 is 16.8 Å². The van der Waals surface area contributed by atoms with Gasteiger partial charge in [-0.3, -0.25) is 14.5 Å². The van der Waals surface area contributed by atoms with Crippen LogP contribution in [0.4, 0.5) is 0 Å². The smallest absolute Gasteiger partial charge is 0.254 e. The van der Waals surface area contributed by atoms with Gasteiger partial charge in [0.1, 0.15) is 6.10 Å². The van der Waals surface area contributed by atoms with E-state index in [0.29, 0.717) is 31.1 Å². The van der Waals surface area contributed by atoms with Crippen LogP contribution in [0.3, 0.4) is 0 Å². The summed E-state index contributed by atoms with van der Waals surface area (Å²) in [6.45, 7) is 1.81. The highest BCUT2D eigenvalue weighted by Gasteiger charge is 2.33. The fourth-order valence-electron chi connectivity index (χ4n) is 3.65. The zero-order valence-corrected chi connectivity index (χ0v) is 14.4. The standard InChI is InChI=1S/C20H20N4O2/c25-19(13-3-4-13)18-11-16-12-23(8-9-24(16)22-18)20(26)15-5-6-17-14(10-15)2-1-7-21-17/h1-2,5-7,10-11,13,19,25H,3-4,8-9,12H2/t19-/m0/s1. The van der Waals surface area contributed by atoms with Crippen molar-refractivity contribution in [2.24, 2.45) is 5.92 Å². The maximum absolute atomic E-state index is 12.9. The third-order valence-corrected chi connectivity index (χ3v) is 5.33. The highest BCUT2D eigenvalue weighted by molar-refractivity contribution is 5.97. The van der Waals surface area contributed by atoms with Crippen molar-refractivity contribution in [2.75, 3.05) is 6.54 Å². The van der Waals surface area contributed by atoms with Gasteiger partial charge in [0.05, 0.1) is 30.0 Å². The van der Waals surface area contributed by atoms with Gasteiger partial charge in [-0.25, -0.2) is 0 Å². The maximum atomic E-state index is 12.9. The van der Waals surface area contributed by atoms with E-state index in [4.69, 9.17) is 0 Å². The number of carbonyl (C=O) groups excluding carboxylic acids is 1. The predicted octanol–water partition coefficient (Wildman–Crippen LogP) is 2.53. The summed E-state index contributed by atoms with van der Waals surface area (Å²) in [6.07, 6.45) is 3.43. The molecule has 0 radical (unpaired) electrons. The lowest BCUT2D eigenvalue weighted by Crippen LogP contribution is -2.38. The number of amides is 1. The summed E-state index contributed by atoms with van der Waals surface area (Å²) in [7, 11) is 0. The number of rotatable bonds is 3. The first-order valence-corrected chi connectivity index (χ1v) is 9.08. The lowest BCUT2D eigenvalue weighted by atomic mass is 10.1. The van der Waals surface area contributed by atoms with Crippen LogP contribution in [0.25, 0.3) is 10.9 Å². The molecule has 6 nitrogen and oxygen atoms in total. The average Bonchev–Trinajstić information content (AvgIpc) is 3.44. The summed E-state index contributed by atoms with van der Waals surface area (Å²) in [5, 5.41) is 15.8. The van der Waals surface area contributed by atoms with Crippen molar-refractivity contribution in [1.29, 1.82) is 0 Å². The van der Waals surface area contributed by atoms with Gasteiger partial charge < -0.3 is 10.0 Å². The molecule has 0 bridgehead atoms. The Labute approximate surface area is 151 Å². The fourth-order valence-corrected chi connectivity index (χ4v) is 3.65. The molecule has 2 aromatic heterocycles. The Morgan fingerprint density at radius 2 is 2.08 bits per heavy atom. The average molecular weight is 348 g/mol. The van der Waals surface area contributed by atoms with Crippen LogP contribution in [0.2, 0.25) is 0 Å². The summed E-state index contributed by atoms with van der Waals surface area (Å²) >= 11 is 0. The van der Waals surface area contributed by atoms with E-state index in [2.05, 4.69) is 10.1 Å². The monoisotopic (exact) mass is 348 g/mol. The minimum atomic E-state index is -0.467. The van der Waals surface area contributed by atoms with Crippen LogP contribution >= 0.6 is 0 Å². The largest absolute Gasteiger partial charge is 0.386 e. The Morgan fingerprint density at radius 3 is 2.92 bits per heavy atom. The summed E-state index contributed by atoms with van der Waals surface area (Å²) in [5.41, 5.74) is 3.30. The lowest BCUT2D eigenvalue weighted by Gasteiger charge is -2.27. The number of pyridine rings is 1. The summed E-state index contributed by atoms with van der Waals surface area (Å²) in [5.74, 6) is 0.378. The van der Waals surface area contributed by atoms with Gasteiger partial charge in [0.15, 0.2) is 0 Å². The van der Waals surface area contributed by atoms with Gasteiger partial charge in [-0.15, -0.1) is 0 Å². The van der Waals surface area contributed by atoms with Crippen molar-refractivity contribution in [3.05, 3.63) is 59.5 Å². The second kappa shape index (κ2) is 5.92. The Balaban J connectivity index is 1.38. The first kappa shape index (κ1) is 15.5. The molecule has 0 spiro atoms.